The largest absolute Gasteiger partial charge is 0.309 e. The third kappa shape index (κ3) is 3.18. The molecule has 0 saturated heterocycles. The van der Waals surface area contributed by atoms with E-state index in [-0.39, 0.29) is 5.82 Å². The minimum absolute atomic E-state index is 0.112. The topological polar surface area (TPSA) is 12.0 Å². The lowest BCUT2D eigenvalue weighted by molar-refractivity contribution is 0.563. The number of nitrogens with one attached hydrogen (secondary N) is 1. The van der Waals surface area contributed by atoms with Crippen LogP contribution in [-0.2, 0) is 6.42 Å². The van der Waals surface area contributed by atoms with E-state index in [0.717, 1.165) is 18.5 Å². The summed E-state index contributed by atoms with van der Waals surface area (Å²) in [5, 5.41) is 5.56. The summed E-state index contributed by atoms with van der Waals surface area (Å²) in [5.41, 5.74) is 2.10. The Morgan fingerprint density at radius 2 is 2.06 bits per heavy atom. The van der Waals surface area contributed by atoms with Crippen LogP contribution in [-0.4, -0.2) is 6.54 Å². The van der Waals surface area contributed by atoms with E-state index >= 15 is 0 Å². The second-order valence-electron chi connectivity index (χ2n) is 4.49. The Morgan fingerprint density at radius 1 is 1.28 bits per heavy atom. The van der Waals surface area contributed by atoms with Gasteiger partial charge in [-0.3, -0.25) is 0 Å². The molecule has 0 saturated carbocycles. The first kappa shape index (κ1) is 13.2. The van der Waals surface area contributed by atoms with Gasteiger partial charge in [0.25, 0.3) is 0 Å². The molecule has 0 aliphatic heterocycles. The molecule has 1 unspecified atom stereocenters. The Kier molecular flexibility index (Phi) is 4.50. The lowest BCUT2D eigenvalue weighted by Gasteiger charge is -2.13. The first-order valence-corrected chi connectivity index (χ1v) is 7.07. The molecule has 1 nitrogen and oxygen atoms in total. The maximum atomic E-state index is 13.4. The van der Waals surface area contributed by atoms with Crippen LogP contribution in [0.4, 0.5) is 4.39 Å². The van der Waals surface area contributed by atoms with E-state index in [1.54, 1.807) is 17.4 Å². The van der Waals surface area contributed by atoms with Crippen LogP contribution in [0.2, 0.25) is 0 Å². The van der Waals surface area contributed by atoms with Crippen LogP contribution < -0.4 is 5.32 Å². The fourth-order valence-electron chi connectivity index (χ4n) is 2.05. The van der Waals surface area contributed by atoms with E-state index in [2.05, 4.69) is 30.6 Å². The van der Waals surface area contributed by atoms with Gasteiger partial charge < -0.3 is 5.32 Å². The predicted octanol–water partition coefficient (Wildman–Crippen LogP) is 4.09. The lowest BCUT2D eigenvalue weighted by atomic mass is 10.1. The van der Waals surface area contributed by atoms with Crippen LogP contribution in [0.3, 0.4) is 0 Å². The first-order chi connectivity index (χ1) is 8.68. The zero-order valence-corrected chi connectivity index (χ0v) is 11.6. The summed E-state index contributed by atoms with van der Waals surface area (Å²) in [6.45, 7) is 5.07. The molecule has 0 amide bonds. The summed E-state index contributed by atoms with van der Waals surface area (Å²) < 4.78 is 13.4. The average Bonchev–Trinajstić information content (AvgIpc) is 2.78. The van der Waals surface area contributed by atoms with Gasteiger partial charge in [-0.15, -0.1) is 11.3 Å². The van der Waals surface area contributed by atoms with Crippen LogP contribution in [0.1, 0.15) is 29.0 Å². The molecule has 1 N–H and O–H groups in total. The highest BCUT2D eigenvalue weighted by atomic mass is 32.1. The molecular formula is C15H18FNS. The third-order valence-corrected chi connectivity index (χ3v) is 4.30. The highest BCUT2D eigenvalue weighted by molar-refractivity contribution is 7.10. The van der Waals surface area contributed by atoms with Gasteiger partial charge in [0.15, 0.2) is 0 Å². The molecule has 1 aromatic carbocycles. The fraction of sp³-hybridized carbons (Fsp3) is 0.333. The molecule has 1 atom stereocenters. The summed E-state index contributed by atoms with van der Waals surface area (Å²) in [7, 11) is 0. The molecular weight excluding hydrogens is 245 g/mol. The van der Waals surface area contributed by atoms with Gasteiger partial charge >= 0.3 is 0 Å². The minimum atomic E-state index is -0.112. The number of rotatable bonds is 5. The monoisotopic (exact) mass is 263 g/mol. The molecule has 1 heterocycles. The van der Waals surface area contributed by atoms with Crippen LogP contribution >= 0.6 is 11.3 Å². The summed E-state index contributed by atoms with van der Waals surface area (Å²) >= 11 is 1.77. The van der Waals surface area contributed by atoms with E-state index in [0.29, 0.717) is 6.04 Å². The van der Waals surface area contributed by atoms with E-state index in [4.69, 9.17) is 0 Å². The Bertz CT molecular complexity index is 507. The summed E-state index contributed by atoms with van der Waals surface area (Å²) in [5.74, 6) is -0.112. The number of thiophene rings is 1. The second-order valence-corrected chi connectivity index (χ2v) is 5.43. The van der Waals surface area contributed by atoms with Crippen molar-refractivity contribution in [2.75, 3.05) is 6.54 Å². The smallest absolute Gasteiger partial charge is 0.126 e. The Hall–Kier alpha value is -1.19. The van der Waals surface area contributed by atoms with Crippen molar-refractivity contribution in [3.63, 3.8) is 0 Å². The van der Waals surface area contributed by atoms with Crippen LogP contribution in [0.25, 0.3) is 0 Å². The van der Waals surface area contributed by atoms with Gasteiger partial charge in [-0.05, 0) is 55.5 Å². The normalized spacial score (nSPS) is 12.6. The number of benzene rings is 1. The van der Waals surface area contributed by atoms with Crippen molar-refractivity contribution in [1.29, 1.82) is 0 Å². The lowest BCUT2D eigenvalue weighted by Crippen LogP contribution is -2.21. The van der Waals surface area contributed by atoms with Crippen molar-refractivity contribution in [3.05, 3.63) is 57.5 Å². The molecule has 0 bridgehead atoms. The zero-order valence-electron chi connectivity index (χ0n) is 10.7. The molecule has 1 aromatic heterocycles. The number of hydrogen-bond acceptors (Lipinski definition) is 2. The maximum absolute atomic E-state index is 13.4. The van der Waals surface area contributed by atoms with E-state index < -0.39 is 0 Å². The first-order valence-electron chi connectivity index (χ1n) is 6.19. The van der Waals surface area contributed by atoms with Crippen LogP contribution in [0.5, 0.6) is 0 Å². The van der Waals surface area contributed by atoms with Gasteiger partial charge in [0.2, 0.25) is 0 Å². The molecule has 0 aliphatic rings. The van der Waals surface area contributed by atoms with E-state index in [1.807, 2.05) is 12.1 Å². The molecule has 0 radical (unpaired) electrons. The standard InChI is InChI=1S/C15H18FNS/c1-11-8-10-18-15(11)12(2)17-9-7-13-5-3-4-6-14(13)16/h3-6,8,10,12,17H,7,9H2,1-2H3. The Labute approximate surface area is 112 Å². The number of halogens is 1. The van der Waals surface area contributed by atoms with Crippen molar-refractivity contribution < 1.29 is 4.39 Å². The van der Waals surface area contributed by atoms with Crippen molar-refractivity contribution in [2.45, 2.75) is 26.3 Å². The quantitative estimate of drug-likeness (QED) is 0.856. The van der Waals surface area contributed by atoms with Gasteiger partial charge in [0.05, 0.1) is 0 Å². The zero-order chi connectivity index (χ0) is 13.0. The van der Waals surface area contributed by atoms with E-state index in [9.17, 15) is 4.39 Å². The van der Waals surface area contributed by atoms with Crippen molar-refractivity contribution in [3.8, 4) is 0 Å². The number of aryl methyl sites for hydroxylation is 1. The second kappa shape index (κ2) is 6.12. The predicted molar refractivity (Wildman–Crippen MR) is 75.6 cm³/mol. The van der Waals surface area contributed by atoms with E-state index in [1.165, 1.54) is 16.5 Å². The third-order valence-electron chi connectivity index (χ3n) is 3.10. The summed E-state index contributed by atoms with van der Waals surface area (Å²) in [6.07, 6.45) is 0.724. The SMILES string of the molecule is Cc1ccsc1C(C)NCCc1ccccc1F. The summed E-state index contributed by atoms with van der Waals surface area (Å²) in [6, 6.07) is 9.43. The maximum Gasteiger partial charge on any atom is 0.126 e. The van der Waals surface area contributed by atoms with Crippen LogP contribution in [0, 0.1) is 12.7 Å². The Morgan fingerprint density at radius 3 is 2.72 bits per heavy atom. The highest BCUT2D eigenvalue weighted by Crippen LogP contribution is 2.23. The minimum Gasteiger partial charge on any atom is -0.309 e. The van der Waals surface area contributed by atoms with Crippen molar-refractivity contribution >= 4 is 11.3 Å². The Balaban J connectivity index is 1.86. The average molecular weight is 263 g/mol. The molecule has 2 aromatic rings. The molecule has 0 spiro atoms. The molecule has 3 heteroatoms. The summed E-state index contributed by atoms with van der Waals surface area (Å²) in [4.78, 5) is 1.36. The van der Waals surface area contributed by atoms with Gasteiger partial charge in [-0.1, -0.05) is 18.2 Å². The van der Waals surface area contributed by atoms with Crippen LogP contribution in [0.15, 0.2) is 35.7 Å². The fourth-order valence-corrected chi connectivity index (χ4v) is 3.01. The van der Waals surface area contributed by atoms with Crippen molar-refractivity contribution in [2.24, 2.45) is 0 Å². The number of hydrogen-bond donors (Lipinski definition) is 1. The van der Waals surface area contributed by atoms with Gasteiger partial charge in [0, 0.05) is 10.9 Å². The van der Waals surface area contributed by atoms with Gasteiger partial charge in [0.1, 0.15) is 5.82 Å². The van der Waals surface area contributed by atoms with Gasteiger partial charge in [-0.25, -0.2) is 4.39 Å². The highest BCUT2D eigenvalue weighted by Gasteiger charge is 2.09. The molecule has 0 fully saturated rings. The van der Waals surface area contributed by atoms with Gasteiger partial charge in [-0.2, -0.15) is 0 Å². The molecule has 96 valence electrons. The molecule has 18 heavy (non-hydrogen) atoms. The molecule has 2 rings (SSSR count). The van der Waals surface area contributed by atoms with Crippen molar-refractivity contribution in [1.82, 2.24) is 5.32 Å². The molecule has 0 aliphatic carbocycles.